The number of hydrogen-bond acceptors (Lipinski definition) is 2. The van der Waals surface area contributed by atoms with Crippen molar-refractivity contribution < 1.29 is 15.0 Å². The van der Waals surface area contributed by atoms with Crippen LogP contribution in [-0.2, 0) is 0 Å². The van der Waals surface area contributed by atoms with Gasteiger partial charge in [0.05, 0.1) is 6.61 Å². The largest absolute Gasteiger partial charge is 0.465 e. The van der Waals surface area contributed by atoms with Crippen LogP contribution in [0.3, 0.4) is 0 Å². The van der Waals surface area contributed by atoms with Gasteiger partial charge >= 0.3 is 6.09 Å². The Morgan fingerprint density at radius 2 is 2.00 bits per heavy atom. The summed E-state index contributed by atoms with van der Waals surface area (Å²) in [5.74, 6) is -0.174. The van der Waals surface area contributed by atoms with Crippen molar-refractivity contribution in [2.75, 3.05) is 13.2 Å². The first-order chi connectivity index (χ1) is 6.74. The molecule has 1 aromatic rings. The second-order valence-corrected chi connectivity index (χ2v) is 2.98. The third-order valence-electron chi connectivity index (χ3n) is 1.99. The van der Waals surface area contributed by atoms with Gasteiger partial charge in [0.2, 0.25) is 0 Å². The van der Waals surface area contributed by atoms with Crippen molar-refractivity contribution in [3.05, 3.63) is 35.9 Å². The van der Waals surface area contributed by atoms with Crippen LogP contribution in [0.5, 0.6) is 0 Å². The van der Waals surface area contributed by atoms with Crippen LogP contribution in [-0.4, -0.2) is 29.5 Å². The maximum atomic E-state index is 10.3. The molecule has 4 heteroatoms. The first-order valence-corrected chi connectivity index (χ1v) is 4.36. The monoisotopic (exact) mass is 195 g/mol. The number of aliphatic hydroxyl groups excluding tert-OH is 1. The molecule has 0 radical (unpaired) electrons. The Morgan fingerprint density at radius 3 is 2.50 bits per heavy atom. The highest BCUT2D eigenvalue weighted by atomic mass is 16.4. The molecular formula is C10H13NO3. The standard InChI is InChI=1S/C10H13NO3/c12-7-9(6-11-10(13)14)8-4-2-1-3-5-8/h1-5,9,11-12H,6-7H2,(H,13,14)/t9-/m1/s1. The molecule has 0 spiro atoms. The van der Waals surface area contributed by atoms with Gasteiger partial charge in [0.1, 0.15) is 0 Å². The maximum absolute atomic E-state index is 10.3. The van der Waals surface area contributed by atoms with Crippen molar-refractivity contribution in [1.82, 2.24) is 5.32 Å². The number of benzene rings is 1. The van der Waals surface area contributed by atoms with Crippen LogP contribution < -0.4 is 5.32 Å². The number of hydrogen-bond donors (Lipinski definition) is 3. The van der Waals surface area contributed by atoms with E-state index in [4.69, 9.17) is 10.2 Å². The SMILES string of the molecule is O=C(O)NC[C@H](CO)c1ccccc1. The summed E-state index contributed by atoms with van der Waals surface area (Å²) in [6, 6.07) is 9.33. The minimum absolute atomic E-state index is 0.0652. The molecule has 0 unspecified atom stereocenters. The molecule has 76 valence electrons. The molecule has 1 atom stereocenters. The molecule has 14 heavy (non-hydrogen) atoms. The van der Waals surface area contributed by atoms with E-state index in [1.807, 2.05) is 30.3 Å². The Labute approximate surface area is 82.2 Å². The molecule has 0 fully saturated rings. The molecule has 0 aliphatic carbocycles. The highest BCUT2D eigenvalue weighted by Crippen LogP contribution is 2.13. The van der Waals surface area contributed by atoms with Gasteiger partial charge in [-0.05, 0) is 5.56 Å². The second-order valence-electron chi connectivity index (χ2n) is 2.98. The summed E-state index contributed by atoms with van der Waals surface area (Å²) in [5, 5.41) is 19.7. The normalized spacial score (nSPS) is 12.1. The smallest absolute Gasteiger partial charge is 0.404 e. The number of carbonyl (C=O) groups is 1. The summed E-state index contributed by atoms with van der Waals surface area (Å²) in [4.78, 5) is 10.3. The van der Waals surface area contributed by atoms with Gasteiger partial charge in [0, 0.05) is 12.5 Å². The third kappa shape index (κ3) is 3.06. The van der Waals surface area contributed by atoms with E-state index in [1.165, 1.54) is 0 Å². The zero-order valence-electron chi connectivity index (χ0n) is 7.68. The average Bonchev–Trinajstić information content (AvgIpc) is 2.20. The molecular weight excluding hydrogens is 182 g/mol. The number of rotatable bonds is 4. The lowest BCUT2D eigenvalue weighted by Gasteiger charge is -2.13. The fraction of sp³-hybridized carbons (Fsp3) is 0.300. The average molecular weight is 195 g/mol. The molecule has 1 rings (SSSR count). The van der Waals surface area contributed by atoms with Gasteiger partial charge in [-0.15, -0.1) is 0 Å². The molecule has 0 bridgehead atoms. The van der Waals surface area contributed by atoms with Crippen LogP contribution in [0, 0.1) is 0 Å². The van der Waals surface area contributed by atoms with E-state index in [0.717, 1.165) is 5.56 Å². The molecule has 3 N–H and O–H groups in total. The minimum atomic E-state index is -1.07. The lowest BCUT2D eigenvalue weighted by Crippen LogP contribution is -2.28. The predicted octanol–water partition coefficient (Wildman–Crippen LogP) is 1.03. The molecule has 0 saturated carbocycles. The third-order valence-corrected chi connectivity index (χ3v) is 1.99. The molecule has 1 aromatic carbocycles. The van der Waals surface area contributed by atoms with Crippen LogP contribution in [0.4, 0.5) is 4.79 Å². The second kappa shape index (κ2) is 5.24. The fourth-order valence-corrected chi connectivity index (χ4v) is 1.22. The van der Waals surface area contributed by atoms with Gasteiger partial charge < -0.3 is 15.5 Å². The van der Waals surface area contributed by atoms with Crippen LogP contribution >= 0.6 is 0 Å². The highest BCUT2D eigenvalue weighted by molar-refractivity contribution is 5.64. The van der Waals surface area contributed by atoms with E-state index in [2.05, 4.69) is 5.32 Å². The molecule has 0 heterocycles. The number of carboxylic acid groups (broad SMARTS) is 1. The Kier molecular flexibility index (Phi) is 3.94. The van der Waals surface area contributed by atoms with Crippen molar-refractivity contribution in [2.24, 2.45) is 0 Å². The van der Waals surface area contributed by atoms with Crippen molar-refractivity contribution in [1.29, 1.82) is 0 Å². The van der Waals surface area contributed by atoms with Crippen LogP contribution in [0.2, 0.25) is 0 Å². The van der Waals surface area contributed by atoms with Gasteiger partial charge in [-0.2, -0.15) is 0 Å². The fourth-order valence-electron chi connectivity index (χ4n) is 1.22. The predicted molar refractivity (Wildman–Crippen MR) is 52.3 cm³/mol. The summed E-state index contributed by atoms with van der Waals surface area (Å²) < 4.78 is 0. The van der Waals surface area contributed by atoms with Crippen molar-refractivity contribution in [3.63, 3.8) is 0 Å². The summed E-state index contributed by atoms with van der Waals surface area (Å²) in [5.41, 5.74) is 0.934. The summed E-state index contributed by atoms with van der Waals surface area (Å²) in [7, 11) is 0. The maximum Gasteiger partial charge on any atom is 0.404 e. The molecule has 0 aromatic heterocycles. The topological polar surface area (TPSA) is 69.6 Å². The first kappa shape index (κ1) is 10.5. The number of aliphatic hydroxyl groups is 1. The van der Waals surface area contributed by atoms with E-state index in [9.17, 15) is 4.79 Å². The summed E-state index contributed by atoms with van der Waals surface area (Å²) in [6.07, 6.45) is -1.07. The van der Waals surface area contributed by atoms with E-state index >= 15 is 0 Å². The molecule has 4 nitrogen and oxygen atoms in total. The van der Waals surface area contributed by atoms with E-state index in [1.54, 1.807) is 0 Å². The van der Waals surface area contributed by atoms with Crippen molar-refractivity contribution in [3.8, 4) is 0 Å². The molecule has 0 aliphatic rings. The van der Waals surface area contributed by atoms with E-state index < -0.39 is 6.09 Å². The summed E-state index contributed by atoms with van der Waals surface area (Å²) >= 11 is 0. The van der Waals surface area contributed by atoms with Gasteiger partial charge in [-0.3, -0.25) is 0 Å². The van der Waals surface area contributed by atoms with Crippen LogP contribution in [0.1, 0.15) is 11.5 Å². The molecule has 0 aliphatic heterocycles. The Hall–Kier alpha value is -1.55. The van der Waals surface area contributed by atoms with Crippen molar-refractivity contribution >= 4 is 6.09 Å². The lowest BCUT2D eigenvalue weighted by molar-refractivity contribution is 0.191. The van der Waals surface area contributed by atoms with Gasteiger partial charge in [-0.25, -0.2) is 4.79 Å². The van der Waals surface area contributed by atoms with Crippen LogP contribution in [0.25, 0.3) is 0 Å². The van der Waals surface area contributed by atoms with Gasteiger partial charge in [-0.1, -0.05) is 30.3 Å². The Bertz CT molecular complexity index is 287. The molecule has 0 saturated heterocycles. The van der Waals surface area contributed by atoms with Crippen LogP contribution in [0.15, 0.2) is 30.3 Å². The van der Waals surface area contributed by atoms with E-state index in [-0.39, 0.29) is 19.1 Å². The number of nitrogens with one attached hydrogen (secondary N) is 1. The Morgan fingerprint density at radius 1 is 1.36 bits per heavy atom. The zero-order valence-corrected chi connectivity index (χ0v) is 7.68. The van der Waals surface area contributed by atoms with Crippen molar-refractivity contribution in [2.45, 2.75) is 5.92 Å². The van der Waals surface area contributed by atoms with Gasteiger partial charge in [0.25, 0.3) is 0 Å². The number of amides is 1. The summed E-state index contributed by atoms with van der Waals surface area (Å²) in [6.45, 7) is 0.167. The Balaban J connectivity index is 2.58. The zero-order chi connectivity index (χ0) is 10.4. The molecule has 1 amide bonds. The van der Waals surface area contributed by atoms with E-state index in [0.29, 0.717) is 0 Å². The minimum Gasteiger partial charge on any atom is -0.465 e. The quantitative estimate of drug-likeness (QED) is 0.672. The highest BCUT2D eigenvalue weighted by Gasteiger charge is 2.10. The lowest BCUT2D eigenvalue weighted by atomic mass is 10.0. The first-order valence-electron chi connectivity index (χ1n) is 4.36. The van der Waals surface area contributed by atoms with Gasteiger partial charge in [0.15, 0.2) is 0 Å².